The molecular formula is C21H32N2O3. The molecule has 3 atom stereocenters. The van der Waals surface area contributed by atoms with Crippen LogP contribution in [0.3, 0.4) is 0 Å². The Balaban J connectivity index is 1.87. The summed E-state index contributed by atoms with van der Waals surface area (Å²) in [5, 5.41) is 10.0. The molecule has 2 fully saturated rings. The minimum absolute atomic E-state index is 0.0563. The van der Waals surface area contributed by atoms with Gasteiger partial charge in [-0.15, -0.1) is 0 Å². The monoisotopic (exact) mass is 360 g/mol. The number of benzene rings is 1. The summed E-state index contributed by atoms with van der Waals surface area (Å²) < 4.78 is 5.72. The van der Waals surface area contributed by atoms with Gasteiger partial charge in [0, 0.05) is 32.2 Å². The third-order valence-electron chi connectivity index (χ3n) is 5.77. The van der Waals surface area contributed by atoms with Crippen LogP contribution in [0.5, 0.6) is 0 Å². The van der Waals surface area contributed by atoms with Gasteiger partial charge in [-0.3, -0.25) is 9.80 Å². The van der Waals surface area contributed by atoms with Crippen molar-refractivity contribution in [2.75, 3.05) is 19.7 Å². The lowest BCUT2D eigenvalue weighted by Gasteiger charge is -2.52. The summed E-state index contributed by atoms with van der Waals surface area (Å²) in [6.45, 7) is 12.4. The lowest BCUT2D eigenvalue weighted by atomic mass is 9.86. The summed E-state index contributed by atoms with van der Waals surface area (Å²) in [5.74, 6) is 0.0563. The molecule has 0 aromatic heterocycles. The van der Waals surface area contributed by atoms with Gasteiger partial charge in [0.1, 0.15) is 5.60 Å². The molecule has 2 aliphatic heterocycles. The van der Waals surface area contributed by atoms with E-state index in [2.05, 4.69) is 43.0 Å². The number of amides is 1. The highest BCUT2D eigenvalue weighted by Gasteiger charge is 2.62. The molecule has 0 saturated carbocycles. The van der Waals surface area contributed by atoms with Crippen molar-refractivity contribution in [2.45, 2.75) is 64.3 Å². The molecule has 2 heterocycles. The Labute approximate surface area is 156 Å². The van der Waals surface area contributed by atoms with Gasteiger partial charge < -0.3 is 9.84 Å². The molecule has 0 spiro atoms. The number of aliphatic hydroxyl groups is 1. The Morgan fingerprint density at radius 3 is 2.46 bits per heavy atom. The van der Waals surface area contributed by atoms with Crippen LogP contribution >= 0.6 is 0 Å². The second-order valence-corrected chi connectivity index (χ2v) is 9.38. The Morgan fingerprint density at radius 2 is 1.88 bits per heavy atom. The number of hydrogen-bond acceptors (Lipinski definition) is 4. The molecule has 1 N–H and O–H groups in total. The van der Waals surface area contributed by atoms with Gasteiger partial charge >= 0.3 is 6.09 Å². The third-order valence-corrected chi connectivity index (χ3v) is 5.77. The van der Waals surface area contributed by atoms with Crippen molar-refractivity contribution < 1.29 is 14.6 Å². The quantitative estimate of drug-likeness (QED) is 0.899. The van der Waals surface area contributed by atoms with E-state index in [1.165, 1.54) is 5.56 Å². The van der Waals surface area contributed by atoms with Gasteiger partial charge in [0.2, 0.25) is 0 Å². The highest BCUT2D eigenvalue weighted by Crippen LogP contribution is 2.50. The molecule has 2 bridgehead atoms. The van der Waals surface area contributed by atoms with E-state index < -0.39 is 11.1 Å². The molecule has 3 unspecified atom stereocenters. The number of rotatable bonds is 3. The van der Waals surface area contributed by atoms with Crippen molar-refractivity contribution in [2.24, 2.45) is 5.92 Å². The first-order valence-corrected chi connectivity index (χ1v) is 9.48. The lowest BCUT2D eigenvalue weighted by Crippen LogP contribution is -2.68. The maximum Gasteiger partial charge on any atom is 0.411 e. The van der Waals surface area contributed by atoms with Crippen molar-refractivity contribution in [3.63, 3.8) is 0 Å². The summed E-state index contributed by atoms with van der Waals surface area (Å²) in [6.07, 6.45) is 0.530. The van der Waals surface area contributed by atoms with Gasteiger partial charge in [-0.25, -0.2) is 4.79 Å². The fraction of sp³-hybridized carbons (Fsp3) is 0.667. The zero-order chi connectivity index (χ0) is 19.2. The minimum Gasteiger partial charge on any atom is -0.444 e. The maximum atomic E-state index is 13.0. The molecule has 26 heavy (non-hydrogen) atoms. The van der Waals surface area contributed by atoms with Crippen molar-refractivity contribution in [1.82, 2.24) is 9.80 Å². The van der Waals surface area contributed by atoms with Crippen LogP contribution in [-0.4, -0.2) is 57.4 Å². The first-order chi connectivity index (χ1) is 12.1. The Bertz CT molecular complexity index is 657. The minimum atomic E-state index is -0.529. The molecule has 1 aromatic carbocycles. The molecule has 3 rings (SSSR count). The number of likely N-dealkylation sites (tertiary alicyclic amines) is 1. The molecule has 2 saturated heterocycles. The van der Waals surface area contributed by atoms with Crippen LogP contribution in [0.4, 0.5) is 4.79 Å². The van der Waals surface area contributed by atoms with Gasteiger partial charge in [-0.05, 0) is 46.6 Å². The number of hydrogen-bond donors (Lipinski definition) is 1. The van der Waals surface area contributed by atoms with Crippen LogP contribution < -0.4 is 0 Å². The molecule has 2 aliphatic rings. The second-order valence-electron chi connectivity index (χ2n) is 9.38. The Hall–Kier alpha value is -1.59. The van der Waals surface area contributed by atoms with E-state index in [0.29, 0.717) is 0 Å². The summed E-state index contributed by atoms with van der Waals surface area (Å²) >= 11 is 0. The highest BCUT2D eigenvalue weighted by molar-refractivity contribution is 5.71. The van der Waals surface area contributed by atoms with Crippen molar-refractivity contribution >= 4 is 6.09 Å². The van der Waals surface area contributed by atoms with Crippen molar-refractivity contribution in [3.05, 3.63) is 35.9 Å². The molecule has 5 heteroatoms. The summed E-state index contributed by atoms with van der Waals surface area (Å²) in [7, 11) is 0. The smallest absolute Gasteiger partial charge is 0.411 e. The summed E-state index contributed by atoms with van der Waals surface area (Å²) in [5.41, 5.74) is -0.0273. The van der Waals surface area contributed by atoms with Gasteiger partial charge in [-0.1, -0.05) is 30.3 Å². The van der Waals surface area contributed by atoms with Crippen LogP contribution in [0, 0.1) is 5.92 Å². The number of carbonyl (C=O) groups excluding carboxylic acids is 1. The number of fused-ring (bicyclic) bond motifs is 2. The third kappa shape index (κ3) is 3.47. The van der Waals surface area contributed by atoms with Crippen LogP contribution in [0.15, 0.2) is 30.3 Å². The fourth-order valence-electron chi connectivity index (χ4n) is 4.92. The average molecular weight is 360 g/mol. The summed E-state index contributed by atoms with van der Waals surface area (Å²) in [4.78, 5) is 17.3. The summed E-state index contributed by atoms with van der Waals surface area (Å²) in [6, 6.07) is 10.4. The number of aliphatic hydroxyl groups excluding tert-OH is 1. The molecule has 1 amide bonds. The SMILES string of the molecule is CC(C)(C)OC(=O)N1C2(C)CC(CO)C1(C)CN(Cc1ccccc1)C2. The van der Waals surface area contributed by atoms with Crippen LogP contribution in [0.25, 0.3) is 0 Å². The molecule has 0 aliphatic carbocycles. The molecule has 0 radical (unpaired) electrons. The van der Waals surface area contributed by atoms with E-state index in [4.69, 9.17) is 4.74 Å². The Morgan fingerprint density at radius 1 is 1.23 bits per heavy atom. The topological polar surface area (TPSA) is 53.0 Å². The lowest BCUT2D eigenvalue weighted by molar-refractivity contribution is -0.0644. The predicted octanol–water partition coefficient (Wildman–Crippen LogP) is 3.27. The standard InChI is InChI=1S/C21H32N2O3/c1-19(2,3)26-18(25)23-20(4)11-17(13-24)21(23,5)15-22(14-20)12-16-9-7-6-8-10-16/h6-10,17,24H,11-15H2,1-5H3. The number of nitrogens with zero attached hydrogens (tertiary/aromatic N) is 2. The van der Waals surface area contributed by atoms with E-state index in [0.717, 1.165) is 26.1 Å². The Kier molecular flexibility index (Phi) is 4.82. The fourth-order valence-corrected chi connectivity index (χ4v) is 4.92. The van der Waals surface area contributed by atoms with Gasteiger partial charge in [0.15, 0.2) is 0 Å². The number of ether oxygens (including phenoxy) is 1. The van der Waals surface area contributed by atoms with E-state index in [1.807, 2.05) is 31.7 Å². The average Bonchev–Trinajstić information content (AvgIpc) is 2.65. The van der Waals surface area contributed by atoms with Crippen molar-refractivity contribution in [1.29, 1.82) is 0 Å². The number of piperazine rings is 1. The van der Waals surface area contributed by atoms with E-state index in [9.17, 15) is 9.90 Å². The van der Waals surface area contributed by atoms with E-state index >= 15 is 0 Å². The molecule has 1 aromatic rings. The van der Waals surface area contributed by atoms with E-state index in [1.54, 1.807) is 0 Å². The largest absolute Gasteiger partial charge is 0.444 e. The van der Waals surface area contributed by atoms with Gasteiger partial charge in [0.25, 0.3) is 0 Å². The van der Waals surface area contributed by atoms with Crippen molar-refractivity contribution in [3.8, 4) is 0 Å². The first kappa shape index (κ1) is 19.2. The van der Waals surface area contributed by atoms with Crippen LogP contribution in [0.2, 0.25) is 0 Å². The van der Waals surface area contributed by atoms with Gasteiger partial charge in [-0.2, -0.15) is 0 Å². The first-order valence-electron chi connectivity index (χ1n) is 9.48. The normalized spacial score (nSPS) is 31.9. The van der Waals surface area contributed by atoms with Crippen LogP contribution in [-0.2, 0) is 11.3 Å². The zero-order valence-electron chi connectivity index (χ0n) is 16.7. The van der Waals surface area contributed by atoms with Gasteiger partial charge in [0.05, 0.1) is 11.1 Å². The van der Waals surface area contributed by atoms with Crippen LogP contribution in [0.1, 0.15) is 46.6 Å². The number of carbonyl (C=O) groups is 1. The predicted molar refractivity (Wildman–Crippen MR) is 102 cm³/mol. The maximum absolute atomic E-state index is 13.0. The molecular weight excluding hydrogens is 328 g/mol. The zero-order valence-corrected chi connectivity index (χ0v) is 16.7. The molecule has 5 nitrogen and oxygen atoms in total. The van der Waals surface area contributed by atoms with E-state index in [-0.39, 0.29) is 24.2 Å². The highest BCUT2D eigenvalue weighted by atomic mass is 16.6. The molecule has 144 valence electrons. The second kappa shape index (κ2) is 6.54.